The standard InChI is InChI=1S/C19H30FNO3S/c1-17(2,3)13-24-16(12-22)19(7,21-25(23)18(4,5)6)14-10-8-9-11-15(14)20/h8-12,16,21H,13H2,1-7H3/t16-,19+,25?/m0/s1. The number of carbonyl (C=O) groups is 1. The van der Waals surface area contributed by atoms with Gasteiger partial charge >= 0.3 is 0 Å². The normalized spacial score (nSPS) is 17.6. The monoisotopic (exact) mass is 371 g/mol. The average molecular weight is 372 g/mol. The Balaban J connectivity index is 3.33. The Bertz CT molecular complexity index is 622. The lowest BCUT2D eigenvalue weighted by Gasteiger charge is -2.38. The Morgan fingerprint density at radius 2 is 1.72 bits per heavy atom. The second-order valence-corrected chi connectivity index (χ2v) is 10.6. The minimum atomic E-state index is -1.52. The third-order valence-corrected chi connectivity index (χ3v) is 5.40. The predicted octanol–water partition coefficient (Wildman–Crippen LogP) is 3.72. The van der Waals surface area contributed by atoms with Crippen LogP contribution >= 0.6 is 0 Å². The molecule has 0 saturated carbocycles. The first-order chi connectivity index (χ1) is 11.3. The quantitative estimate of drug-likeness (QED) is 0.743. The maximum atomic E-state index is 14.5. The molecule has 4 nitrogen and oxygen atoms in total. The summed E-state index contributed by atoms with van der Waals surface area (Å²) in [4.78, 5) is 11.8. The first-order valence-electron chi connectivity index (χ1n) is 8.33. The van der Waals surface area contributed by atoms with Gasteiger partial charge in [-0.2, -0.15) is 0 Å². The number of carbonyl (C=O) groups excluding carboxylic acids is 1. The third-order valence-electron chi connectivity index (χ3n) is 3.68. The molecule has 1 rings (SSSR count). The maximum absolute atomic E-state index is 14.5. The van der Waals surface area contributed by atoms with E-state index in [1.165, 1.54) is 6.07 Å². The van der Waals surface area contributed by atoms with Crippen molar-refractivity contribution in [3.63, 3.8) is 0 Å². The summed E-state index contributed by atoms with van der Waals surface area (Å²) in [6, 6.07) is 6.16. The summed E-state index contributed by atoms with van der Waals surface area (Å²) < 4.78 is 35.4. The van der Waals surface area contributed by atoms with Crippen molar-refractivity contribution in [3.05, 3.63) is 35.6 Å². The van der Waals surface area contributed by atoms with Gasteiger partial charge in [0.25, 0.3) is 0 Å². The van der Waals surface area contributed by atoms with Crippen LogP contribution in [0.15, 0.2) is 24.3 Å². The molecule has 0 amide bonds. The molecule has 142 valence electrons. The molecule has 0 aliphatic heterocycles. The minimum Gasteiger partial charge on any atom is -0.368 e. The zero-order chi connectivity index (χ0) is 19.5. The van der Waals surface area contributed by atoms with E-state index in [0.29, 0.717) is 12.9 Å². The molecule has 3 atom stereocenters. The van der Waals surface area contributed by atoms with Crippen molar-refractivity contribution in [3.8, 4) is 0 Å². The van der Waals surface area contributed by atoms with E-state index in [-0.39, 0.29) is 11.0 Å². The van der Waals surface area contributed by atoms with Crippen molar-refractivity contribution in [2.75, 3.05) is 6.61 Å². The Kier molecular flexibility index (Phi) is 7.07. The maximum Gasteiger partial charge on any atom is 0.151 e. The van der Waals surface area contributed by atoms with Gasteiger partial charge in [0, 0.05) is 5.56 Å². The lowest BCUT2D eigenvalue weighted by atomic mass is 9.87. The van der Waals surface area contributed by atoms with E-state index in [0.717, 1.165) is 0 Å². The highest BCUT2D eigenvalue weighted by Crippen LogP contribution is 2.31. The molecule has 0 bridgehead atoms. The zero-order valence-corrected chi connectivity index (χ0v) is 17.0. The molecule has 0 heterocycles. The molecule has 0 aliphatic rings. The van der Waals surface area contributed by atoms with Crippen LogP contribution < -0.4 is 4.72 Å². The number of rotatable bonds is 7. The minimum absolute atomic E-state index is 0.166. The van der Waals surface area contributed by atoms with Crippen molar-refractivity contribution in [1.29, 1.82) is 0 Å². The van der Waals surface area contributed by atoms with E-state index >= 15 is 0 Å². The van der Waals surface area contributed by atoms with Gasteiger partial charge in [0.15, 0.2) is 6.29 Å². The first-order valence-corrected chi connectivity index (χ1v) is 9.48. The van der Waals surface area contributed by atoms with E-state index in [1.807, 2.05) is 41.5 Å². The summed E-state index contributed by atoms with van der Waals surface area (Å²) in [5.74, 6) is -0.477. The molecule has 1 unspecified atom stereocenters. The number of halogens is 1. The van der Waals surface area contributed by atoms with E-state index in [1.54, 1.807) is 25.1 Å². The van der Waals surface area contributed by atoms with Crippen LogP contribution in [0.25, 0.3) is 0 Å². The molecule has 0 aliphatic carbocycles. The molecule has 25 heavy (non-hydrogen) atoms. The van der Waals surface area contributed by atoms with Gasteiger partial charge in [-0.3, -0.25) is 0 Å². The van der Waals surface area contributed by atoms with Crippen molar-refractivity contribution >= 4 is 17.3 Å². The van der Waals surface area contributed by atoms with E-state index in [2.05, 4.69) is 4.72 Å². The van der Waals surface area contributed by atoms with Crippen LogP contribution in [0.2, 0.25) is 0 Å². The average Bonchev–Trinajstić information content (AvgIpc) is 2.45. The summed E-state index contributed by atoms with van der Waals surface area (Å²) in [6.07, 6.45) is -0.347. The molecule has 1 aromatic rings. The van der Waals surface area contributed by atoms with Crippen LogP contribution in [0.1, 0.15) is 54.0 Å². The molecule has 1 N–H and O–H groups in total. The van der Waals surface area contributed by atoms with Crippen LogP contribution in [0.5, 0.6) is 0 Å². The Morgan fingerprint density at radius 3 is 2.16 bits per heavy atom. The largest absolute Gasteiger partial charge is 0.368 e. The van der Waals surface area contributed by atoms with Gasteiger partial charge in [0.1, 0.15) is 11.9 Å². The first kappa shape index (κ1) is 21.9. The molecule has 1 aromatic carbocycles. The van der Waals surface area contributed by atoms with E-state index in [9.17, 15) is 13.4 Å². The fourth-order valence-corrected chi connectivity index (χ4v) is 3.09. The Labute approximate surface area is 153 Å². The van der Waals surface area contributed by atoms with Crippen molar-refractivity contribution < 1.29 is 18.1 Å². The van der Waals surface area contributed by atoms with E-state index in [4.69, 9.17) is 4.74 Å². The van der Waals surface area contributed by atoms with Gasteiger partial charge in [-0.05, 0) is 39.2 Å². The highest BCUT2D eigenvalue weighted by Gasteiger charge is 2.42. The Hall–Kier alpha value is -1.11. The smallest absolute Gasteiger partial charge is 0.151 e. The highest BCUT2D eigenvalue weighted by molar-refractivity contribution is 7.84. The SMILES string of the molecule is CC(C)(C)CO[C@@H](C=O)[C@](C)(NS(=O)C(C)(C)C)c1ccccc1F. The fraction of sp³-hybridized carbons (Fsp3) is 0.632. The van der Waals surface area contributed by atoms with Crippen molar-refractivity contribution in [1.82, 2.24) is 4.72 Å². The van der Waals surface area contributed by atoms with Crippen LogP contribution in [0, 0.1) is 11.2 Å². The van der Waals surface area contributed by atoms with Gasteiger partial charge in [0.2, 0.25) is 0 Å². The van der Waals surface area contributed by atoms with Crippen LogP contribution in [-0.2, 0) is 26.1 Å². The lowest BCUT2D eigenvalue weighted by molar-refractivity contribution is -0.125. The molecule has 0 radical (unpaired) electrons. The van der Waals surface area contributed by atoms with Gasteiger partial charge in [-0.1, -0.05) is 39.0 Å². The number of aldehydes is 1. The highest BCUT2D eigenvalue weighted by atomic mass is 32.2. The summed E-state index contributed by atoms with van der Waals surface area (Å²) in [7, 11) is -1.52. The number of ether oxygens (including phenoxy) is 1. The summed E-state index contributed by atoms with van der Waals surface area (Å²) in [6.45, 7) is 13.3. The number of benzene rings is 1. The van der Waals surface area contributed by atoms with Gasteiger partial charge in [-0.15, -0.1) is 0 Å². The molecule has 0 saturated heterocycles. The Morgan fingerprint density at radius 1 is 1.16 bits per heavy atom. The molecule has 6 heteroatoms. The van der Waals surface area contributed by atoms with E-state index < -0.39 is 33.2 Å². The van der Waals surface area contributed by atoms with Crippen molar-refractivity contribution in [2.24, 2.45) is 5.41 Å². The lowest BCUT2D eigenvalue weighted by Crippen LogP contribution is -2.55. The number of nitrogens with one attached hydrogen (secondary N) is 1. The number of hydrogen-bond donors (Lipinski definition) is 1. The molecule has 0 fully saturated rings. The van der Waals surface area contributed by atoms with Gasteiger partial charge in [0.05, 0.1) is 27.9 Å². The fourth-order valence-electron chi connectivity index (χ4n) is 2.18. The molecule has 0 aromatic heterocycles. The van der Waals surface area contributed by atoms with Gasteiger partial charge < -0.3 is 9.53 Å². The van der Waals surface area contributed by atoms with Crippen molar-refractivity contribution in [2.45, 2.75) is 64.9 Å². The van der Waals surface area contributed by atoms with Gasteiger partial charge in [-0.25, -0.2) is 13.3 Å². The summed E-state index contributed by atoms with van der Waals surface area (Å²) >= 11 is 0. The second-order valence-electron chi connectivity index (χ2n) is 8.59. The van der Waals surface area contributed by atoms with Crippen LogP contribution in [0.4, 0.5) is 4.39 Å². The summed E-state index contributed by atoms with van der Waals surface area (Å²) in [5.41, 5.74) is -1.18. The summed E-state index contributed by atoms with van der Waals surface area (Å²) in [5, 5.41) is 0. The third kappa shape index (κ3) is 5.97. The molecular formula is C19H30FNO3S. The second kappa shape index (κ2) is 8.06. The van der Waals surface area contributed by atoms with Crippen LogP contribution in [-0.4, -0.2) is 28.0 Å². The predicted molar refractivity (Wildman–Crippen MR) is 100 cm³/mol. The topological polar surface area (TPSA) is 55.4 Å². The number of hydrogen-bond acceptors (Lipinski definition) is 3. The molecular weight excluding hydrogens is 341 g/mol. The molecule has 0 spiro atoms. The van der Waals surface area contributed by atoms with Crippen LogP contribution in [0.3, 0.4) is 0 Å². The zero-order valence-electron chi connectivity index (χ0n) is 16.2.